The van der Waals surface area contributed by atoms with E-state index in [1.165, 1.54) is 12.1 Å². The number of halogens is 1. The summed E-state index contributed by atoms with van der Waals surface area (Å²) in [6, 6.07) is 16.7. The van der Waals surface area contributed by atoms with Gasteiger partial charge in [0.05, 0.1) is 6.04 Å². The molecule has 0 aliphatic rings. The number of hydrogen-bond acceptors (Lipinski definition) is 1. The van der Waals surface area contributed by atoms with Crippen LogP contribution in [-0.2, 0) is 0 Å². The Morgan fingerprint density at radius 1 is 1.16 bits per heavy atom. The summed E-state index contributed by atoms with van der Waals surface area (Å²) in [6.45, 7) is 1.97. The molecule has 2 rings (SSSR count). The van der Waals surface area contributed by atoms with E-state index in [0.29, 0.717) is 5.11 Å². The number of rotatable bonds is 3. The van der Waals surface area contributed by atoms with E-state index in [4.69, 9.17) is 12.2 Å². The van der Waals surface area contributed by atoms with Crippen LogP contribution in [0.15, 0.2) is 48.5 Å². The zero-order valence-electron chi connectivity index (χ0n) is 10.5. The van der Waals surface area contributed by atoms with Crippen molar-refractivity contribution in [3.05, 3.63) is 66.0 Å². The van der Waals surface area contributed by atoms with Crippen molar-refractivity contribution >= 4 is 23.0 Å². The van der Waals surface area contributed by atoms with Crippen molar-refractivity contribution in [1.29, 1.82) is 0 Å². The molecule has 0 amide bonds. The smallest absolute Gasteiger partial charge is 0.171 e. The molecule has 0 saturated carbocycles. The quantitative estimate of drug-likeness (QED) is 0.834. The molecular weight excluding hydrogens is 259 g/mol. The van der Waals surface area contributed by atoms with Gasteiger partial charge in [-0.05, 0) is 55.0 Å². The Balaban J connectivity index is 1.93. The molecular formula is C15H14FN2S. The normalized spacial score (nSPS) is 11.7. The summed E-state index contributed by atoms with van der Waals surface area (Å²) in [7, 11) is 0. The highest BCUT2D eigenvalue weighted by atomic mass is 32.1. The van der Waals surface area contributed by atoms with Crippen molar-refractivity contribution in [3.63, 3.8) is 0 Å². The van der Waals surface area contributed by atoms with Crippen LogP contribution in [0.1, 0.15) is 18.5 Å². The lowest BCUT2D eigenvalue weighted by atomic mass is 10.1. The summed E-state index contributed by atoms with van der Waals surface area (Å²) in [5, 5.41) is 6.76. The largest absolute Gasteiger partial charge is 0.356 e. The monoisotopic (exact) mass is 273 g/mol. The van der Waals surface area contributed by atoms with E-state index < -0.39 is 0 Å². The fourth-order valence-corrected chi connectivity index (χ4v) is 1.96. The fourth-order valence-electron chi connectivity index (χ4n) is 1.67. The minimum atomic E-state index is -0.239. The number of nitrogens with one attached hydrogen (secondary N) is 2. The van der Waals surface area contributed by atoms with Crippen LogP contribution in [0.3, 0.4) is 0 Å². The predicted molar refractivity (Wildman–Crippen MR) is 79.4 cm³/mol. The molecule has 0 spiro atoms. The summed E-state index contributed by atoms with van der Waals surface area (Å²) in [5.41, 5.74) is 1.88. The lowest BCUT2D eigenvalue weighted by Crippen LogP contribution is -2.30. The number of hydrogen-bond donors (Lipinski definition) is 2. The third-order valence-corrected chi connectivity index (χ3v) is 2.91. The van der Waals surface area contributed by atoms with Gasteiger partial charge >= 0.3 is 0 Å². The Morgan fingerprint density at radius 3 is 2.42 bits per heavy atom. The van der Waals surface area contributed by atoms with Gasteiger partial charge in [0.15, 0.2) is 5.11 Å². The second-order valence-electron chi connectivity index (χ2n) is 4.16. The van der Waals surface area contributed by atoms with E-state index >= 15 is 0 Å². The van der Waals surface area contributed by atoms with Crippen molar-refractivity contribution < 1.29 is 4.39 Å². The third kappa shape index (κ3) is 4.03. The molecule has 2 nitrogen and oxygen atoms in total. The van der Waals surface area contributed by atoms with Crippen LogP contribution in [0.4, 0.5) is 10.1 Å². The number of benzene rings is 2. The van der Waals surface area contributed by atoms with E-state index in [9.17, 15) is 4.39 Å². The van der Waals surface area contributed by atoms with Crippen LogP contribution < -0.4 is 10.6 Å². The maximum absolute atomic E-state index is 12.8. The maximum atomic E-state index is 12.8. The summed E-state index contributed by atoms with van der Waals surface area (Å²) in [4.78, 5) is 0. The molecule has 19 heavy (non-hydrogen) atoms. The Kier molecular flexibility index (Phi) is 4.47. The third-order valence-electron chi connectivity index (χ3n) is 2.69. The molecule has 0 aliphatic carbocycles. The Bertz CT molecular complexity index is 540. The van der Waals surface area contributed by atoms with E-state index in [-0.39, 0.29) is 11.9 Å². The topological polar surface area (TPSA) is 24.1 Å². The van der Waals surface area contributed by atoms with Crippen LogP contribution in [0, 0.1) is 11.9 Å². The minimum absolute atomic E-state index is 0.0101. The predicted octanol–water partition coefficient (Wildman–Crippen LogP) is 3.67. The maximum Gasteiger partial charge on any atom is 0.171 e. The summed E-state index contributed by atoms with van der Waals surface area (Å²) >= 11 is 5.23. The first-order valence-corrected chi connectivity index (χ1v) is 6.35. The summed E-state index contributed by atoms with van der Waals surface area (Å²) < 4.78 is 12.8. The molecule has 0 aromatic heterocycles. The van der Waals surface area contributed by atoms with Crippen molar-refractivity contribution in [2.45, 2.75) is 13.0 Å². The first kappa shape index (κ1) is 13.5. The molecule has 0 aliphatic heterocycles. The van der Waals surface area contributed by atoms with Gasteiger partial charge in [0.1, 0.15) is 5.82 Å². The van der Waals surface area contributed by atoms with Gasteiger partial charge < -0.3 is 10.6 Å². The van der Waals surface area contributed by atoms with Gasteiger partial charge in [-0.1, -0.05) is 24.3 Å². The molecule has 1 unspecified atom stereocenters. The Labute approximate surface area is 117 Å². The van der Waals surface area contributed by atoms with Gasteiger partial charge in [0.2, 0.25) is 0 Å². The summed E-state index contributed by atoms with van der Waals surface area (Å²) in [5.74, 6) is -0.239. The zero-order valence-corrected chi connectivity index (χ0v) is 11.3. The molecule has 4 heteroatoms. The molecule has 2 aromatic rings. The standard InChI is InChI=1S/C15H14FN2S/c1-11(12-7-9-13(16)10-8-12)17-15(19)18-14-5-3-2-4-6-14/h3-11H,1H3,(H2,17,18,19). The SMILES string of the molecule is CC(NC(=S)Nc1cc[c]cc1)c1ccc(F)cc1. The van der Waals surface area contributed by atoms with Gasteiger partial charge in [0.25, 0.3) is 0 Å². The highest BCUT2D eigenvalue weighted by Gasteiger charge is 2.07. The average Bonchev–Trinajstić information content (AvgIpc) is 2.40. The molecule has 97 valence electrons. The number of anilines is 1. The number of thiocarbonyl (C=S) groups is 1. The lowest BCUT2D eigenvalue weighted by molar-refractivity contribution is 0.624. The highest BCUT2D eigenvalue weighted by Crippen LogP contribution is 2.13. The first-order valence-electron chi connectivity index (χ1n) is 5.94. The van der Waals surface area contributed by atoms with Crippen LogP contribution >= 0.6 is 12.2 Å². The van der Waals surface area contributed by atoms with Gasteiger partial charge in [-0.25, -0.2) is 4.39 Å². The highest BCUT2D eigenvalue weighted by molar-refractivity contribution is 7.80. The lowest BCUT2D eigenvalue weighted by Gasteiger charge is -2.17. The van der Waals surface area contributed by atoms with Gasteiger partial charge in [0, 0.05) is 5.69 Å². The van der Waals surface area contributed by atoms with Crippen LogP contribution in [0.25, 0.3) is 0 Å². The van der Waals surface area contributed by atoms with E-state index in [0.717, 1.165) is 11.3 Å². The van der Waals surface area contributed by atoms with Crippen LogP contribution in [0.5, 0.6) is 0 Å². The molecule has 2 aromatic carbocycles. The molecule has 0 bridgehead atoms. The molecule has 0 heterocycles. The zero-order chi connectivity index (χ0) is 13.7. The van der Waals surface area contributed by atoms with Crippen molar-refractivity contribution in [2.24, 2.45) is 0 Å². The van der Waals surface area contributed by atoms with Gasteiger partial charge in [-0.2, -0.15) is 0 Å². The second kappa shape index (κ2) is 6.29. The molecule has 1 atom stereocenters. The van der Waals surface area contributed by atoms with Crippen molar-refractivity contribution in [2.75, 3.05) is 5.32 Å². The van der Waals surface area contributed by atoms with Crippen molar-refractivity contribution in [3.8, 4) is 0 Å². The summed E-state index contributed by atoms with van der Waals surface area (Å²) in [6.07, 6.45) is 0. The van der Waals surface area contributed by atoms with Gasteiger partial charge in [-0.3, -0.25) is 0 Å². The van der Waals surface area contributed by atoms with Crippen LogP contribution in [-0.4, -0.2) is 5.11 Å². The minimum Gasteiger partial charge on any atom is -0.356 e. The molecule has 2 N–H and O–H groups in total. The van der Waals surface area contributed by atoms with Gasteiger partial charge in [-0.15, -0.1) is 0 Å². The molecule has 1 radical (unpaired) electrons. The first-order chi connectivity index (χ1) is 9.15. The average molecular weight is 273 g/mol. The Hall–Kier alpha value is -1.94. The Morgan fingerprint density at radius 2 is 1.79 bits per heavy atom. The second-order valence-corrected chi connectivity index (χ2v) is 4.57. The fraction of sp³-hybridized carbons (Fsp3) is 0.133. The van der Waals surface area contributed by atoms with E-state index in [2.05, 4.69) is 16.7 Å². The van der Waals surface area contributed by atoms with Crippen molar-refractivity contribution in [1.82, 2.24) is 5.32 Å². The molecule has 0 saturated heterocycles. The van der Waals surface area contributed by atoms with E-state index in [1.54, 1.807) is 12.1 Å². The van der Waals surface area contributed by atoms with E-state index in [1.807, 2.05) is 31.2 Å². The van der Waals surface area contributed by atoms with Crippen LogP contribution in [0.2, 0.25) is 0 Å². The molecule has 0 fully saturated rings.